The van der Waals surface area contributed by atoms with Gasteiger partial charge in [0.25, 0.3) is 0 Å². The molecule has 1 heterocycles. The van der Waals surface area contributed by atoms with E-state index in [0.29, 0.717) is 18.1 Å². The topological polar surface area (TPSA) is 66.8 Å². The molecule has 3 rings (SSSR count). The normalized spacial score (nSPS) is 21.1. The van der Waals surface area contributed by atoms with Crippen molar-refractivity contribution in [2.45, 2.75) is 51.2 Å². The number of amides is 2. The number of benzene rings is 1. The van der Waals surface area contributed by atoms with Crippen molar-refractivity contribution < 1.29 is 19.4 Å². The van der Waals surface area contributed by atoms with Gasteiger partial charge in [-0.05, 0) is 30.5 Å². The SMILES string of the molecule is O=C1CC2(CCCCC2)C(=O)N1CC(O)COCc1ccc(Cl)cc1. The molecular weight excluding hydrogens is 342 g/mol. The Labute approximate surface area is 152 Å². The summed E-state index contributed by atoms with van der Waals surface area (Å²) < 4.78 is 5.50. The number of aliphatic hydroxyl groups excluding tert-OH is 1. The van der Waals surface area contributed by atoms with Crippen LogP contribution in [-0.4, -0.2) is 41.1 Å². The summed E-state index contributed by atoms with van der Waals surface area (Å²) in [5, 5.41) is 10.8. The molecule has 1 saturated heterocycles. The fourth-order valence-corrected chi connectivity index (χ4v) is 3.95. The van der Waals surface area contributed by atoms with Crippen LogP contribution in [0.2, 0.25) is 5.02 Å². The number of nitrogens with zero attached hydrogens (tertiary/aromatic N) is 1. The summed E-state index contributed by atoms with van der Waals surface area (Å²) in [7, 11) is 0. The van der Waals surface area contributed by atoms with E-state index in [0.717, 1.165) is 37.7 Å². The van der Waals surface area contributed by atoms with Crippen molar-refractivity contribution in [2.75, 3.05) is 13.2 Å². The molecule has 0 radical (unpaired) electrons. The number of carbonyl (C=O) groups is 2. The van der Waals surface area contributed by atoms with Crippen molar-refractivity contribution in [1.29, 1.82) is 0 Å². The molecule has 2 fully saturated rings. The van der Waals surface area contributed by atoms with E-state index in [4.69, 9.17) is 16.3 Å². The number of β-amino-alcohol motifs (C(OH)–C–C–N with tert-alkyl or cyclic N) is 1. The minimum atomic E-state index is -0.876. The van der Waals surface area contributed by atoms with Crippen molar-refractivity contribution in [3.8, 4) is 0 Å². The molecule has 1 unspecified atom stereocenters. The van der Waals surface area contributed by atoms with Gasteiger partial charge in [-0.1, -0.05) is 43.0 Å². The van der Waals surface area contributed by atoms with E-state index in [1.165, 1.54) is 4.90 Å². The van der Waals surface area contributed by atoms with Gasteiger partial charge in [-0.2, -0.15) is 0 Å². The van der Waals surface area contributed by atoms with Crippen LogP contribution in [0.5, 0.6) is 0 Å². The highest BCUT2D eigenvalue weighted by Gasteiger charge is 2.51. The summed E-state index contributed by atoms with van der Waals surface area (Å²) in [6.45, 7) is 0.437. The van der Waals surface area contributed by atoms with Gasteiger partial charge < -0.3 is 9.84 Å². The number of halogens is 1. The molecule has 2 amide bonds. The quantitative estimate of drug-likeness (QED) is 0.787. The number of hydrogen-bond acceptors (Lipinski definition) is 4. The molecule has 1 atom stereocenters. The van der Waals surface area contributed by atoms with Crippen molar-refractivity contribution in [2.24, 2.45) is 5.41 Å². The van der Waals surface area contributed by atoms with Crippen LogP contribution < -0.4 is 0 Å². The number of aliphatic hydroxyl groups is 1. The van der Waals surface area contributed by atoms with Crippen LogP contribution in [0.4, 0.5) is 0 Å². The van der Waals surface area contributed by atoms with Gasteiger partial charge in [-0.3, -0.25) is 14.5 Å². The van der Waals surface area contributed by atoms with Crippen LogP contribution in [0.15, 0.2) is 24.3 Å². The monoisotopic (exact) mass is 365 g/mol. The highest BCUT2D eigenvalue weighted by atomic mass is 35.5. The molecule has 1 N–H and O–H groups in total. The highest BCUT2D eigenvalue weighted by molar-refractivity contribution is 6.30. The van der Waals surface area contributed by atoms with Crippen LogP contribution in [-0.2, 0) is 20.9 Å². The number of carbonyl (C=O) groups excluding carboxylic acids is 2. The predicted octanol–water partition coefficient (Wildman–Crippen LogP) is 2.93. The molecule has 5 nitrogen and oxygen atoms in total. The molecular formula is C19H24ClNO4. The zero-order valence-corrected chi connectivity index (χ0v) is 15.0. The van der Waals surface area contributed by atoms with E-state index in [9.17, 15) is 14.7 Å². The Morgan fingerprint density at radius 2 is 1.84 bits per heavy atom. The van der Waals surface area contributed by atoms with Crippen molar-refractivity contribution >= 4 is 23.4 Å². The number of ether oxygens (including phenoxy) is 1. The third-order valence-corrected chi connectivity index (χ3v) is 5.44. The average Bonchev–Trinajstić information content (AvgIpc) is 2.81. The summed E-state index contributed by atoms with van der Waals surface area (Å²) in [5.41, 5.74) is 0.449. The highest BCUT2D eigenvalue weighted by Crippen LogP contribution is 2.45. The van der Waals surface area contributed by atoms with E-state index >= 15 is 0 Å². The van der Waals surface area contributed by atoms with Gasteiger partial charge in [-0.15, -0.1) is 0 Å². The van der Waals surface area contributed by atoms with Gasteiger partial charge in [0.05, 0.1) is 31.3 Å². The van der Waals surface area contributed by atoms with E-state index < -0.39 is 11.5 Å². The molecule has 6 heteroatoms. The lowest BCUT2D eigenvalue weighted by Crippen LogP contribution is -2.42. The largest absolute Gasteiger partial charge is 0.389 e. The van der Waals surface area contributed by atoms with Gasteiger partial charge in [-0.25, -0.2) is 0 Å². The predicted molar refractivity (Wildman–Crippen MR) is 94.0 cm³/mol. The maximum Gasteiger partial charge on any atom is 0.235 e. The van der Waals surface area contributed by atoms with Gasteiger partial charge in [0.15, 0.2) is 0 Å². The Bertz CT molecular complexity index is 625. The minimum Gasteiger partial charge on any atom is -0.389 e. The second-order valence-corrected chi connectivity index (χ2v) is 7.56. The Kier molecular flexibility index (Phi) is 5.77. The molecule has 0 bridgehead atoms. The first kappa shape index (κ1) is 18.4. The molecule has 0 aromatic heterocycles. The van der Waals surface area contributed by atoms with Gasteiger partial charge in [0, 0.05) is 11.4 Å². The maximum absolute atomic E-state index is 12.7. The molecule has 1 spiro atoms. The third-order valence-electron chi connectivity index (χ3n) is 5.19. The van der Waals surface area contributed by atoms with Gasteiger partial charge >= 0.3 is 0 Å². The van der Waals surface area contributed by atoms with Crippen LogP contribution >= 0.6 is 11.6 Å². The van der Waals surface area contributed by atoms with Crippen LogP contribution in [0.3, 0.4) is 0 Å². The summed E-state index contributed by atoms with van der Waals surface area (Å²) in [6.07, 6.45) is 4.13. The molecule has 2 aliphatic rings. The van der Waals surface area contributed by atoms with Crippen LogP contribution in [0.25, 0.3) is 0 Å². The first-order valence-electron chi connectivity index (χ1n) is 8.85. The Balaban J connectivity index is 1.48. The fourth-order valence-electron chi connectivity index (χ4n) is 3.82. The number of imide groups is 1. The van der Waals surface area contributed by atoms with Gasteiger partial charge in [0.2, 0.25) is 11.8 Å². The molecule has 1 saturated carbocycles. The zero-order valence-electron chi connectivity index (χ0n) is 14.2. The molecule has 136 valence electrons. The fraction of sp³-hybridized carbons (Fsp3) is 0.579. The first-order valence-corrected chi connectivity index (χ1v) is 9.23. The summed E-state index contributed by atoms with van der Waals surface area (Å²) in [4.78, 5) is 26.2. The van der Waals surface area contributed by atoms with E-state index in [2.05, 4.69) is 0 Å². The summed E-state index contributed by atoms with van der Waals surface area (Å²) >= 11 is 5.83. The van der Waals surface area contributed by atoms with Crippen molar-refractivity contribution in [3.05, 3.63) is 34.9 Å². The lowest BCUT2D eigenvalue weighted by atomic mass is 9.73. The lowest BCUT2D eigenvalue weighted by Gasteiger charge is -2.30. The minimum absolute atomic E-state index is 0.0139. The number of likely N-dealkylation sites (tertiary alicyclic amines) is 1. The first-order chi connectivity index (χ1) is 12.0. The van der Waals surface area contributed by atoms with E-state index in [1.54, 1.807) is 12.1 Å². The average molecular weight is 366 g/mol. The van der Waals surface area contributed by atoms with Crippen molar-refractivity contribution in [3.63, 3.8) is 0 Å². The molecule has 1 aliphatic carbocycles. The summed E-state index contributed by atoms with van der Waals surface area (Å²) in [6, 6.07) is 7.27. The smallest absolute Gasteiger partial charge is 0.235 e. The zero-order chi connectivity index (χ0) is 17.9. The Hall–Kier alpha value is -1.43. The van der Waals surface area contributed by atoms with Crippen LogP contribution in [0.1, 0.15) is 44.1 Å². The molecule has 1 aliphatic heterocycles. The number of rotatable bonds is 6. The molecule has 25 heavy (non-hydrogen) atoms. The second kappa shape index (κ2) is 7.85. The molecule has 1 aromatic rings. The van der Waals surface area contributed by atoms with Crippen LogP contribution in [0, 0.1) is 5.41 Å². The second-order valence-electron chi connectivity index (χ2n) is 7.12. The maximum atomic E-state index is 12.7. The standard InChI is InChI=1S/C19H24ClNO4/c20-15-6-4-14(5-7-15)12-25-13-16(22)11-21-17(23)10-19(18(21)24)8-2-1-3-9-19/h4-7,16,22H,1-3,8-13H2. The molecule has 1 aromatic carbocycles. The Morgan fingerprint density at radius 3 is 2.52 bits per heavy atom. The van der Waals surface area contributed by atoms with E-state index in [-0.39, 0.29) is 25.0 Å². The van der Waals surface area contributed by atoms with E-state index in [1.807, 2.05) is 12.1 Å². The van der Waals surface area contributed by atoms with Crippen molar-refractivity contribution in [1.82, 2.24) is 4.90 Å². The summed E-state index contributed by atoms with van der Waals surface area (Å²) in [5.74, 6) is -0.266. The lowest BCUT2D eigenvalue weighted by molar-refractivity contribution is -0.144. The number of hydrogen-bond donors (Lipinski definition) is 1. The Morgan fingerprint density at radius 1 is 1.16 bits per heavy atom. The van der Waals surface area contributed by atoms with Gasteiger partial charge in [0.1, 0.15) is 0 Å². The third kappa shape index (κ3) is 4.22.